The van der Waals surface area contributed by atoms with Crippen molar-refractivity contribution in [3.8, 4) is 0 Å². The van der Waals surface area contributed by atoms with Gasteiger partial charge in [0.2, 0.25) is 0 Å². The lowest BCUT2D eigenvalue weighted by molar-refractivity contribution is -0.384. The summed E-state index contributed by atoms with van der Waals surface area (Å²) in [5.74, 6) is 0. The minimum Gasteiger partial charge on any atom is -0.298 e. The third-order valence-corrected chi connectivity index (χ3v) is 1.50. The summed E-state index contributed by atoms with van der Waals surface area (Å²) < 4.78 is 12.1. The second kappa shape index (κ2) is 3.75. The lowest BCUT2D eigenvalue weighted by Gasteiger charge is -1.96. The fourth-order valence-corrected chi connectivity index (χ4v) is 0.950. The summed E-state index contributed by atoms with van der Waals surface area (Å²) in [6, 6.07) is 3.49. The number of aldehydes is 1. The normalized spacial score (nSPS) is 9.62. The summed E-state index contributed by atoms with van der Waals surface area (Å²) in [6.07, 6.45) is 0.451. The number of alkyl halides is 1. The van der Waals surface area contributed by atoms with Crippen LogP contribution in [-0.2, 0) is 6.67 Å². The highest BCUT2D eigenvalue weighted by atomic mass is 19.1. The van der Waals surface area contributed by atoms with Crippen molar-refractivity contribution in [2.75, 3.05) is 0 Å². The molecule has 0 fully saturated rings. The molecule has 0 bridgehead atoms. The van der Waals surface area contributed by atoms with Gasteiger partial charge in [-0.05, 0) is 11.6 Å². The molecular weight excluding hydrogens is 177 g/mol. The molecule has 0 radical (unpaired) electrons. The van der Waals surface area contributed by atoms with Crippen LogP contribution in [-0.4, -0.2) is 11.2 Å². The van der Waals surface area contributed by atoms with E-state index in [1.165, 1.54) is 6.07 Å². The molecule has 13 heavy (non-hydrogen) atoms. The van der Waals surface area contributed by atoms with Crippen molar-refractivity contribution in [3.05, 3.63) is 39.4 Å². The first-order valence-electron chi connectivity index (χ1n) is 3.47. The Morgan fingerprint density at radius 1 is 1.46 bits per heavy atom. The Morgan fingerprint density at radius 2 is 2.15 bits per heavy atom. The molecule has 4 nitrogen and oxygen atoms in total. The van der Waals surface area contributed by atoms with Gasteiger partial charge in [0, 0.05) is 17.7 Å². The number of nitrogens with zero attached hydrogens (tertiary/aromatic N) is 1. The Balaban J connectivity index is 3.22. The highest BCUT2D eigenvalue weighted by Gasteiger charge is 2.08. The van der Waals surface area contributed by atoms with Crippen LogP contribution < -0.4 is 0 Å². The van der Waals surface area contributed by atoms with Crippen LogP contribution in [0.25, 0.3) is 0 Å². The second-order valence-electron chi connectivity index (χ2n) is 2.44. The molecule has 0 unspecified atom stereocenters. The molecule has 0 spiro atoms. The summed E-state index contributed by atoms with van der Waals surface area (Å²) in [7, 11) is 0. The third-order valence-electron chi connectivity index (χ3n) is 1.50. The van der Waals surface area contributed by atoms with Crippen LogP contribution in [0, 0.1) is 10.1 Å². The largest absolute Gasteiger partial charge is 0.298 e. The number of halogens is 1. The van der Waals surface area contributed by atoms with Gasteiger partial charge in [0.25, 0.3) is 5.69 Å². The van der Waals surface area contributed by atoms with Gasteiger partial charge in [0.1, 0.15) is 13.0 Å². The van der Waals surface area contributed by atoms with Crippen molar-refractivity contribution >= 4 is 12.0 Å². The molecular formula is C8H6FNO3. The predicted molar refractivity (Wildman–Crippen MR) is 43.3 cm³/mol. The first-order valence-corrected chi connectivity index (χ1v) is 3.47. The third kappa shape index (κ3) is 2.08. The number of non-ortho nitro benzene ring substituents is 1. The van der Waals surface area contributed by atoms with Crippen molar-refractivity contribution in [1.29, 1.82) is 0 Å². The van der Waals surface area contributed by atoms with Crippen LogP contribution in [0.3, 0.4) is 0 Å². The van der Waals surface area contributed by atoms with E-state index in [4.69, 9.17) is 0 Å². The van der Waals surface area contributed by atoms with Gasteiger partial charge in [-0.2, -0.15) is 0 Å². The van der Waals surface area contributed by atoms with Crippen LogP contribution in [0.15, 0.2) is 18.2 Å². The SMILES string of the molecule is O=Cc1cc(CF)cc([N+](=O)[O-])c1. The zero-order chi connectivity index (χ0) is 9.84. The van der Waals surface area contributed by atoms with Crippen molar-refractivity contribution in [2.24, 2.45) is 0 Å². The molecule has 0 amide bonds. The maximum Gasteiger partial charge on any atom is 0.270 e. The van der Waals surface area contributed by atoms with E-state index in [0.717, 1.165) is 12.1 Å². The predicted octanol–water partition coefficient (Wildman–Crippen LogP) is 1.88. The molecule has 0 saturated carbocycles. The molecule has 0 saturated heterocycles. The summed E-state index contributed by atoms with van der Waals surface area (Å²) >= 11 is 0. The maximum absolute atomic E-state index is 12.1. The zero-order valence-electron chi connectivity index (χ0n) is 6.57. The number of hydrogen-bond donors (Lipinski definition) is 0. The number of carbonyl (C=O) groups excluding carboxylic acids is 1. The molecule has 0 aromatic heterocycles. The maximum atomic E-state index is 12.1. The summed E-state index contributed by atoms with van der Waals surface area (Å²) in [5.41, 5.74) is -0.0181. The summed E-state index contributed by atoms with van der Waals surface area (Å²) in [6.45, 7) is -0.817. The van der Waals surface area contributed by atoms with Gasteiger partial charge in [0.15, 0.2) is 0 Å². The molecule has 5 heteroatoms. The molecule has 0 atom stereocenters. The smallest absolute Gasteiger partial charge is 0.270 e. The standard InChI is InChI=1S/C8H6FNO3/c9-4-6-1-7(5-11)3-8(2-6)10(12)13/h1-3,5H,4H2. The zero-order valence-corrected chi connectivity index (χ0v) is 6.57. The van der Waals surface area contributed by atoms with E-state index in [1.54, 1.807) is 0 Å². The van der Waals surface area contributed by atoms with Crippen LogP contribution in [0.5, 0.6) is 0 Å². The minimum atomic E-state index is -0.817. The van der Waals surface area contributed by atoms with Crippen molar-refractivity contribution in [1.82, 2.24) is 0 Å². The number of carbonyl (C=O) groups is 1. The van der Waals surface area contributed by atoms with Crippen molar-refractivity contribution in [3.63, 3.8) is 0 Å². The highest BCUT2D eigenvalue weighted by molar-refractivity contribution is 5.76. The summed E-state index contributed by atoms with van der Waals surface area (Å²) in [5, 5.41) is 10.3. The van der Waals surface area contributed by atoms with Crippen molar-refractivity contribution < 1.29 is 14.1 Å². The minimum absolute atomic E-state index is 0.113. The lowest BCUT2D eigenvalue weighted by Crippen LogP contribution is -1.92. The van der Waals surface area contributed by atoms with E-state index in [2.05, 4.69) is 0 Å². The van der Waals surface area contributed by atoms with E-state index in [9.17, 15) is 19.3 Å². The van der Waals surface area contributed by atoms with E-state index in [1.807, 2.05) is 0 Å². The first kappa shape index (κ1) is 9.31. The highest BCUT2D eigenvalue weighted by Crippen LogP contribution is 2.16. The van der Waals surface area contributed by atoms with Gasteiger partial charge < -0.3 is 0 Å². The number of rotatable bonds is 3. The van der Waals surface area contributed by atoms with Crippen molar-refractivity contribution in [2.45, 2.75) is 6.67 Å². The number of nitro groups is 1. The number of nitro benzene ring substituents is 1. The van der Waals surface area contributed by atoms with Gasteiger partial charge in [0.05, 0.1) is 4.92 Å². The Bertz CT molecular complexity index is 351. The van der Waals surface area contributed by atoms with E-state index < -0.39 is 11.6 Å². The van der Waals surface area contributed by atoms with Gasteiger partial charge >= 0.3 is 0 Å². The molecule has 0 aliphatic heterocycles. The average Bonchev–Trinajstić information content (AvgIpc) is 2.16. The Hall–Kier alpha value is -1.78. The quantitative estimate of drug-likeness (QED) is 0.408. The van der Waals surface area contributed by atoms with Crippen LogP contribution in [0.2, 0.25) is 0 Å². The Labute approximate surface area is 73.1 Å². The van der Waals surface area contributed by atoms with Crippen LogP contribution in [0.4, 0.5) is 10.1 Å². The molecule has 68 valence electrons. The monoisotopic (exact) mass is 183 g/mol. The molecule has 0 aliphatic carbocycles. The van der Waals surface area contributed by atoms with Crippen LogP contribution >= 0.6 is 0 Å². The fraction of sp³-hybridized carbons (Fsp3) is 0.125. The van der Waals surface area contributed by atoms with E-state index in [-0.39, 0.29) is 16.8 Å². The Morgan fingerprint density at radius 3 is 2.62 bits per heavy atom. The van der Waals surface area contributed by atoms with Gasteiger partial charge in [-0.1, -0.05) is 0 Å². The Kier molecular flexibility index (Phi) is 2.69. The molecule has 1 rings (SSSR count). The molecule has 0 N–H and O–H groups in total. The van der Waals surface area contributed by atoms with Gasteiger partial charge in [-0.3, -0.25) is 14.9 Å². The lowest BCUT2D eigenvalue weighted by atomic mass is 10.1. The molecule has 0 aliphatic rings. The number of hydrogen-bond acceptors (Lipinski definition) is 3. The van der Waals surface area contributed by atoms with Gasteiger partial charge in [-0.15, -0.1) is 0 Å². The summed E-state index contributed by atoms with van der Waals surface area (Å²) in [4.78, 5) is 19.9. The topological polar surface area (TPSA) is 60.2 Å². The fourth-order valence-electron chi connectivity index (χ4n) is 0.950. The average molecular weight is 183 g/mol. The van der Waals surface area contributed by atoms with Gasteiger partial charge in [-0.25, -0.2) is 4.39 Å². The first-order chi connectivity index (χ1) is 6.17. The molecule has 0 heterocycles. The number of benzene rings is 1. The van der Waals surface area contributed by atoms with Crippen LogP contribution in [0.1, 0.15) is 15.9 Å². The van der Waals surface area contributed by atoms with E-state index >= 15 is 0 Å². The van der Waals surface area contributed by atoms with E-state index in [0.29, 0.717) is 6.29 Å². The second-order valence-corrected chi connectivity index (χ2v) is 2.44. The molecule has 1 aromatic carbocycles. The molecule has 1 aromatic rings.